The van der Waals surface area contributed by atoms with Gasteiger partial charge in [-0.1, -0.05) is 35.3 Å². The number of rotatable bonds is 7. The predicted molar refractivity (Wildman–Crippen MR) is 126 cm³/mol. The van der Waals surface area contributed by atoms with Gasteiger partial charge in [0.15, 0.2) is 6.61 Å². The lowest BCUT2D eigenvalue weighted by molar-refractivity contribution is -0.118. The molecule has 0 aliphatic carbocycles. The zero-order valence-electron chi connectivity index (χ0n) is 16.6. The van der Waals surface area contributed by atoms with E-state index >= 15 is 0 Å². The molecule has 0 unspecified atom stereocenters. The zero-order chi connectivity index (χ0) is 22.9. The standard InChI is InChI=1S/C24H17Cl2N3O3/c25-18-3-7-20(8-4-18)28-23(30)15-32-22-11-1-16(2-12-22)13-17(14-27)24(31)29-21-9-5-19(26)6-10-21/h1-13H,15H2,(H,28,30)(H,29,31)/b17-13-. The number of carbonyl (C=O) groups is 2. The molecular weight excluding hydrogens is 449 g/mol. The summed E-state index contributed by atoms with van der Waals surface area (Å²) in [5.41, 5.74) is 1.72. The highest BCUT2D eigenvalue weighted by atomic mass is 35.5. The number of amides is 2. The van der Waals surface area contributed by atoms with Gasteiger partial charge in [0.05, 0.1) is 0 Å². The molecule has 8 heteroatoms. The Labute approximate surface area is 195 Å². The molecule has 6 nitrogen and oxygen atoms in total. The number of nitriles is 1. The molecule has 0 saturated heterocycles. The number of hydrogen-bond donors (Lipinski definition) is 2. The number of carbonyl (C=O) groups excluding carboxylic acids is 2. The Balaban J connectivity index is 1.56. The molecule has 3 rings (SSSR count). The average molecular weight is 466 g/mol. The maximum absolute atomic E-state index is 12.3. The molecule has 160 valence electrons. The Kier molecular flexibility index (Phi) is 7.87. The summed E-state index contributed by atoms with van der Waals surface area (Å²) in [5.74, 6) is -0.381. The lowest BCUT2D eigenvalue weighted by atomic mass is 10.1. The summed E-state index contributed by atoms with van der Waals surface area (Å²) in [4.78, 5) is 24.3. The minimum Gasteiger partial charge on any atom is -0.484 e. The first kappa shape index (κ1) is 22.9. The number of anilines is 2. The minimum absolute atomic E-state index is 0.0593. The van der Waals surface area contributed by atoms with Gasteiger partial charge in [0.25, 0.3) is 11.8 Å². The molecule has 2 N–H and O–H groups in total. The topological polar surface area (TPSA) is 91.2 Å². The Morgan fingerprint density at radius 2 is 1.38 bits per heavy atom. The van der Waals surface area contributed by atoms with E-state index < -0.39 is 5.91 Å². The number of halogens is 2. The molecule has 3 aromatic carbocycles. The minimum atomic E-state index is -0.533. The smallest absolute Gasteiger partial charge is 0.266 e. The predicted octanol–water partition coefficient (Wildman–Crippen LogP) is 5.56. The van der Waals surface area contributed by atoms with E-state index in [9.17, 15) is 14.9 Å². The largest absolute Gasteiger partial charge is 0.484 e. The van der Waals surface area contributed by atoms with Gasteiger partial charge in [0, 0.05) is 21.4 Å². The highest BCUT2D eigenvalue weighted by molar-refractivity contribution is 6.31. The maximum atomic E-state index is 12.3. The SMILES string of the molecule is N#C/C(=C/c1ccc(OCC(=O)Nc2ccc(Cl)cc2)cc1)C(=O)Nc1ccc(Cl)cc1. The summed E-state index contributed by atoms with van der Waals surface area (Å²) in [6.45, 7) is -0.176. The molecule has 0 bridgehead atoms. The Hall–Kier alpha value is -3.79. The monoisotopic (exact) mass is 465 g/mol. The van der Waals surface area contributed by atoms with Crippen LogP contribution in [0, 0.1) is 11.3 Å². The van der Waals surface area contributed by atoms with Crippen molar-refractivity contribution in [1.29, 1.82) is 5.26 Å². The van der Waals surface area contributed by atoms with Crippen LogP contribution in [0.4, 0.5) is 11.4 Å². The van der Waals surface area contributed by atoms with Crippen LogP contribution in [-0.2, 0) is 9.59 Å². The molecular formula is C24H17Cl2N3O3. The van der Waals surface area contributed by atoms with Crippen molar-refractivity contribution in [3.63, 3.8) is 0 Å². The van der Waals surface area contributed by atoms with Crippen molar-refractivity contribution in [2.45, 2.75) is 0 Å². The molecule has 0 saturated carbocycles. The summed E-state index contributed by atoms with van der Waals surface area (Å²) in [6.07, 6.45) is 1.46. The van der Waals surface area contributed by atoms with Crippen LogP contribution in [0.1, 0.15) is 5.56 Å². The second-order valence-electron chi connectivity index (χ2n) is 6.54. The van der Waals surface area contributed by atoms with Gasteiger partial charge in [-0.3, -0.25) is 9.59 Å². The number of nitrogens with zero attached hydrogens (tertiary/aromatic N) is 1. The van der Waals surface area contributed by atoms with Crippen molar-refractivity contribution in [1.82, 2.24) is 0 Å². The molecule has 0 aliphatic heterocycles. The van der Waals surface area contributed by atoms with Gasteiger partial charge in [-0.2, -0.15) is 5.26 Å². The molecule has 0 atom stereocenters. The molecule has 0 aromatic heterocycles. The molecule has 0 spiro atoms. The normalized spacial score (nSPS) is 10.7. The van der Waals surface area contributed by atoms with Gasteiger partial charge >= 0.3 is 0 Å². The first-order valence-electron chi connectivity index (χ1n) is 9.40. The Morgan fingerprint density at radius 3 is 1.91 bits per heavy atom. The van der Waals surface area contributed by atoms with E-state index in [1.165, 1.54) is 6.08 Å². The molecule has 0 aliphatic rings. The summed E-state index contributed by atoms with van der Waals surface area (Å²) in [5, 5.41) is 15.8. The van der Waals surface area contributed by atoms with Crippen molar-refractivity contribution in [3.8, 4) is 11.8 Å². The van der Waals surface area contributed by atoms with E-state index in [2.05, 4.69) is 10.6 Å². The fourth-order valence-electron chi connectivity index (χ4n) is 2.59. The quantitative estimate of drug-likeness (QED) is 0.353. The van der Waals surface area contributed by atoms with Crippen LogP contribution >= 0.6 is 23.2 Å². The third kappa shape index (κ3) is 6.88. The fraction of sp³-hybridized carbons (Fsp3) is 0.0417. The third-order valence-electron chi connectivity index (χ3n) is 4.16. The third-order valence-corrected chi connectivity index (χ3v) is 4.66. The van der Waals surface area contributed by atoms with Crippen LogP contribution < -0.4 is 15.4 Å². The van der Waals surface area contributed by atoms with Gasteiger partial charge in [0.2, 0.25) is 0 Å². The summed E-state index contributed by atoms with van der Waals surface area (Å²) in [7, 11) is 0. The lowest BCUT2D eigenvalue weighted by Crippen LogP contribution is -2.20. The first-order valence-corrected chi connectivity index (χ1v) is 10.2. The second kappa shape index (κ2) is 11.0. The molecule has 0 heterocycles. The van der Waals surface area contributed by atoms with E-state index in [1.807, 2.05) is 6.07 Å². The first-order chi connectivity index (χ1) is 15.4. The van der Waals surface area contributed by atoms with Crippen LogP contribution in [0.15, 0.2) is 78.4 Å². The van der Waals surface area contributed by atoms with Crippen LogP contribution in [-0.4, -0.2) is 18.4 Å². The Bertz CT molecular complexity index is 1170. The van der Waals surface area contributed by atoms with E-state index in [0.29, 0.717) is 32.7 Å². The van der Waals surface area contributed by atoms with Crippen LogP contribution in [0.3, 0.4) is 0 Å². The molecule has 0 radical (unpaired) electrons. The van der Waals surface area contributed by atoms with Gasteiger partial charge in [-0.05, 0) is 72.3 Å². The summed E-state index contributed by atoms with van der Waals surface area (Å²) < 4.78 is 5.47. The molecule has 32 heavy (non-hydrogen) atoms. The lowest BCUT2D eigenvalue weighted by Gasteiger charge is -2.08. The van der Waals surface area contributed by atoms with Crippen LogP contribution in [0.2, 0.25) is 10.0 Å². The fourth-order valence-corrected chi connectivity index (χ4v) is 2.84. The van der Waals surface area contributed by atoms with Gasteiger partial charge in [-0.25, -0.2) is 0 Å². The van der Waals surface area contributed by atoms with E-state index in [0.717, 1.165) is 0 Å². The van der Waals surface area contributed by atoms with Gasteiger partial charge in [-0.15, -0.1) is 0 Å². The highest BCUT2D eigenvalue weighted by Crippen LogP contribution is 2.18. The highest BCUT2D eigenvalue weighted by Gasteiger charge is 2.10. The van der Waals surface area contributed by atoms with E-state index in [-0.39, 0.29) is 18.1 Å². The molecule has 0 fully saturated rings. The average Bonchev–Trinajstić information content (AvgIpc) is 2.80. The Morgan fingerprint density at radius 1 is 0.844 bits per heavy atom. The van der Waals surface area contributed by atoms with E-state index in [1.54, 1.807) is 72.8 Å². The number of hydrogen-bond acceptors (Lipinski definition) is 4. The van der Waals surface area contributed by atoms with Crippen LogP contribution in [0.5, 0.6) is 5.75 Å². The maximum Gasteiger partial charge on any atom is 0.266 e. The molecule has 2 amide bonds. The zero-order valence-corrected chi connectivity index (χ0v) is 18.2. The number of benzene rings is 3. The summed E-state index contributed by atoms with van der Waals surface area (Å²) in [6, 6.07) is 21.8. The van der Waals surface area contributed by atoms with E-state index in [4.69, 9.17) is 27.9 Å². The van der Waals surface area contributed by atoms with Gasteiger partial charge < -0.3 is 15.4 Å². The second-order valence-corrected chi connectivity index (χ2v) is 7.42. The van der Waals surface area contributed by atoms with Crippen molar-refractivity contribution in [2.75, 3.05) is 17.2 Å². The number of nitrogens with one attached hydrogen (secondary N) is 2. The summed E-state index contributed by atoms with van der Waals surface area (Å²) >= 11 is 11.6. The molecule has 3 aromatic rings. The van der Waals surface area contributed by atoms with Crippen molar-refractivity contribution < 1.29 is 14.3 Å². The van der Waals surface area contributed by atoms with Crippen LogP contribution in [0.25, 0.3) is 6.08 Å². The van der Waals surface area contributed by atoms with Crippen molar-refractivity contribution in [3.05, 3.63) is 94.0 Å². The van der Waals surface area contributed by atoms with Gasteiger partial charge in [0.1, 0.15) is 17.4 Å². The van der Waals surface area contributed by atoms with Crippen molar-refractivity contribution >= 4 is 52.5 Å². The number of ether oxygens (including phenoxy) is 1. The van der Waals surface area contributed by atoms with Crippen molar-refractivity contribution in [2.24, 2.45) is 0 Å².